The van der Waals surface area contributed by atoms with E-state index < -0.39 is 0 Å². The molecule has 1 aliphatic heterocycles. The number of benzene rings is 1. The van der Waals surface area contributed by atoms with E-state index >= 15 is 0 Å². The fourth-order valence-corrected chi connectivity index (χ4v) is 3.32. The number of rotatable bonds is 8. The van der Waals surface area contributed by atoms with Gasteiger partial charge in [0, 0.05) is 49.2 Å². The van der Waals surface area contributed by atoms with E-state index in [1.54, 1.807) is 42.6 Å². The largest absolute Gasteiger partial charge is 0.493 e. The van der Waals surface area contributed by atoms with Crippen molar-refractivity contribution in [3.8, 4) is 11.5 Å². The van der Waals surface area contributed by atoms with E-state index in [0.29, 0.717) is 42.8 Å². The number of likely N-dealkylation sites (tertiary alicyclic amines) is 1. The molecule has 3 rings (SSSR count). The maximum absolute atomic E-state index is 12.7. The van der Waals surface area contributed by atoms with Gasteiger partial charge in [-0.05, 0) is 24.1 Å². The molecule has 7 heteroatoms. The van der Waals surface area contributed by atoms with Gasteiger partial charge < -0.3 is 19.7 Å². The number of ether oxygens (including phenoxy) is 2. The highest BCUT2D eigenvalue weighted by Gasteiger charge is 2.34. The average molecular weight is 397 g/mol. The Labute approximate surface area is 171 Å². The van der Waals surface area contributed by atoms with Crippen LogP contribution in [0.3, 0.4) is 0 Å². The van der Waals surface area contributed by atoms with Crippen LogP contribution in [0.25, 0.3) is 0 Å². The van der Waals surface area contributed by atoms with Gasteiger partial charge in [-0.25, -0.2) is 0 Å². The molecule has 154 valence electrons. The lowest BCUT2D eigenvalue weighted by molar-refractivity contribution is -0.128. The SMILES string of the molecule is COc1ccc(NC(=O)C2CC(=O)N(CC(C)C)C2)cc1OCc1cccnc1. The fourth-order valence-electron chi connectivity index (χ4n) is 3.32. The van der Waals surface area contributed by atoms with Gasteiger partial charge in [0.25, 0.3) is 0 Å². The molecule has 2 aromatic rings. The molecule has 29 heavy (non-hydrogen) atoms. The van der Waals surface area contributed by atoms with Crippen LogP contribution in [-0.2, 0) is 16.2 Å². The molecule has 1 N–H and O–H groups in total. The summed E-state index contributed by atoms with van der Waals surface area (Å²) in [4.78, 5) is 30.6. The minimum absolute atomic E-state index is 0.0362. The number of nitrogens with one attached hydrogen (secondary N) is 1. The molecule has 1 atom stereocenters. The number of hydrogen-bond acceptors (Lipinski definition) is 5. The number of carbonyl (C=O) groups is 2. The first-order valence-electron chi connectivity index (χ1n) is 9.74. The Morgan fingerprint density at radius 1 is 1.31 bits per heavy atom. The molecule has 1 unspecified atom stereocenters. The van der Waals surface area contributed by atoms with Crippen LogP contribution in [0.15, 0.2) is 42.7 Å². The third kappa shape index (κ3) is 5.47. The number of pyridine rings is 1. The van der Waals surface area contributed by atoms with Crippen LogP contribution >= 0.6 is 0 Å². The van der Waals surface area contributed by atoms with E-state index in [1.165, 1.54) is 0 Å². The van der Waals surface area contributed by atoms with E-state index in [0.717, 1.165) is 5.56 Å². The molecule has 2 amide bonds. The highest BCUT2D eigenvalue weighted by Crippen LogP contribution is 2.31. The van der Waals surface area contributed by atoms with Crippen molar-refractivity contribution < 1.29 is 19.1 Å². The minimum atomic E-state index is -0.344. The maximum Gasteiger partial charge on any atom is 0.229 e. The quantitative estimate of drug-likeness (QED) is 0.740. The van der Waals surface area contributed by atoms with Gasteiger partial charge in [0.2, 0.25) is 11.8 Å². The van der Waals surface area contributed by atoms with Crippen molar-refractivity contribution in [2.75, 3.05) is 25.5 Å². The Hall–Kier alpha value is -3.09. The molecule has 1 aromatic carbocycles. The zero-order chi connectivity index (χ0) is 20.8. The molecule has 7 nitrogen and oxygen atoms in total. The van der Waals surface area contributed by atoms with Gasteiger partial charge in [-0.1, -0.05) is 19.9 Å². The Morgan fingerprint density at radius 3 is 2.83 bits per heavy atom. The minimum Gasteiger partial charge on any atom is -0.493 e. The zero-order valence-electron chi connectivity index (χ0n) is 17.1. The Morgan fingerprint density at radius 2 is 2.14 bits per heavy atom. The number of anilines is 1. The van der Waals surface area contributed by atoms with Crippen LogP contribution in [0.1, 0.15) is 25.8 Å². The van der Waals surface area contributed by atoms with Gasteiger partial charge in [-0.15, -0.1) is 0 Å². The molecule has 0 spiro atoms. The van der Waals surface area contributed by atoms with Gasteiger partial charge in [-0.3, -0.25) is 14.6 Å². The van der Waals surface area contributed by atoms with E-state index in [2.05, 4.69) is 24.1 Å². The van der Waals surface area contributed by atoms with Gasteiger partial charge in [0.05, 0.1) is 13.0 Å². The molecule has 0 aliphatic carbocycles. The second-order valence-electron chi connectivity index (χ2n) is 7.60. The lowest BCUT2D eigenvalue weighted by atomic mass is 10.1. The number of amides is 2. The van der Waals surface area contributed by atoms with Crippen molar-refractivity contribution in [2.24, 2.45) is 11.8 Å². The smallest absolute Gasteiger partial charge is 0.229 e. The van der Waals surface area contributed by atoms with Crippen molar-refractivity contribution in [1.82, 2.24) is 9.88 Å². The van der Waals surface area contributed by atoms with Crippen LogP contribution in [0.4, 0.5) is 5.69 Å². The van der Waals surface area contributed by atoms with Gasteiger partial charge >= 0.3 is 0 Å². The Kier molecular flexibility index (Phi) is 6.69. The molecule has 1 aromatic heterocycles. The summed E-state index contributed by atoms with van der Waals surface area (Å²) in [5.74, 6) is 1.01. The Balaban J connectivity index is 1.64. The summed E-state index contributed by atoms with van der Waals surface area (Å²) in [7, 11) is 1.57. The third-order valence-corrected chi connectivity index (χ3v) is 4.72. The molecule has 1 aliphatic rings. The number of hydrogen-bond donors (Lipinski definition) is 1. The highest BCUT2D eigenvalue weighted by atomic mass is 16.5. The summed E-state index contributed by atoms with van der Waals surface area (Å²) in [6.45, 7) is 5.60. The summed E-state index contributed by atoms with van der Waals surface area (Å²) >= 11 is 0. The second-order valence-corrected chi connectivity index (χ2v) is 7.60. The predicted molar refractivity (Wildman–Crippen MR) is 110 cm³/mol. The third-order valence-electron chi connectivity index (χ3n) is 4.72. The summed E-state index contributed by atoms with van der Waals surface area (Å²) in [5.41, 5.74) is 1.53. The van der Waals surface area contributed by atoms with Crippen molar-refractivity contribution in [3.63, 3.8) is 0 Å². The van der Waals surface area contributed by atoms with Gasteiger partial charge in [0.1, 0.15) is 6.61 Å². The monoisotopic (exact) mass is 397 g/mol. The molecular weight excluding hydrogens is 370 g/mol. The summed E-state index contributed by atoms with van der Waals surface area (Å²) in [6.07, 6.45) is 3.69. The van der Waals surface area contributed by atoms with Crippen molar-refractivity contribution in [1.29, 1.82) is 0 Å². The van der Waals surface area contributed by atoms with Gasteiger partial charge in [0.15, 0.2) is 11.5 Å². The average Bonchev–Trinajstić information content (AvgIpc) is 3.07. The zero-order valence-corrected chi connectivity index (χ0v) is 17.1. The first-order valence-corrected chi connectivity index (χ1v) is 9.74. The van der Waals surface area contributed by atoms with E-state index in [4.69, 9.17) is 9.47 Å². The summed E-state index contributed by atoms with van der Waals surface area (Å²) in [5, 5.41) is 2.90. The number of aromatic nitrogens is 1. The second kappa shape index (κ2) is 9.41. The lowest BCUT2D eigenvalue weighted by Gasteiger charge is -2.19. The van der Waals surface area contributed by atoms with Crippen molar-refractivity contribution >= 4 is 17.5 Å². The van der Waals surface area contributed by atoms with Crippen LogP contribution in [0, 0.1) is 11.8 Å². The first-order chi connectivity index (χ1) is 14.0. The summed E-state index contributed by atoms with van der Waals surface area (Å²) in [6, 6.07) is 9.01. The van der Waals surface area contributed by atoms with Crippen molar-refractivity contribution in [3.05, 3.63) is 48.3 Å². The molecule has 2 heterocycles. The molecule has 1 fully saturated rings. The van der Waals surface area contributed by atoms with E-state index in [1.807, 2.05) is 12.1 Å². The molecule has 1 saturated heterocycles. The Bertz CT molecular complexity index is 854. The van der Waals surface area contributed by atoms with E-state index in [9.17, 15) is 9.59 Å². The molecular formula is C22H27N3O4. The fraction of sp³-hybridized carbons (Fsp3) is 0.409. The molecule has 0 radical (unpaired) electrons. The number of nitrogens with zero attached hydrogens (tertiary/aromatic N) is 2. The topological polar surface area (TPSA) is 80.8 Å². The van der Waals surface area contributed by atoms with Crippen LogP contribution in [0.2, 0.25) is 0 Å². The number of carbonyl (C=O) groups excluding carboxylic acids is 2. The van der Waals surface area contributed by atoms with Crippen LogP contribution in [-0.4, -0.2) is 41.9 Å². The summed E-state index contributed by atoms with van der Waals surface area (Å²) < 4.78 is 11.2. The molecule has 0 saturated carbocycles. The van der Waals surface area contributed by atoms with Crippen molar-refractivity contribution in [2.45, 2.75) is 26.9 Å². The number of methoxy groups -OCH3 is 1. The highest BCUT2D eigenvalue weighted by molar-refractivity contribution is 5.97. The normalized spacial score (nSPS) is 16.2. The molecule has 0 bridgehead atoms. The van der Waals surface area contributed by atoms with E-state index in [-0.39, 0.29) is 24.2 Å². The van der Waals surface area contributed by atoms with Crippen LogP contribution in [0.5, 0.6) is 11.5 Å². The first kappa shape index (κ1) is 20.6. The predicted octanol–water partition coefficient (Wildman–Crippen LogP) is 3.11. The van der Waals surface area contributed by atoms with Gasteiger partial charge in [-0.2, -0.15) is 0 Å². The lowest BCUT2D eigenvalue weighted by Crippen LogP contribution is -2.31. The standard InChI is InChI=1S/C22H27N3O4/c1-15(2)12-25-13-17(9-21(25)26)22(27)24-18-6-7-19(28-3)20(10-18)29-14-16-5-4-8-23-11-16/h4-8,10-11,15,17H,9,12-14H2,1-3H3,(H,24,27). The maximum atomic E-state index is 12.7. The van der Waals surface area contributed by atoms with Crippen LogP contribution < -0.4 is 14.8 Å².